The first kappa shape index (κ1) is 21.1. The number of aromatic nitrogens is 1. The molecule has 1 aromatic heterocycles. The monoisotopic (exact) mass is 424 g/mol. The number of hydrogen-bond acceptors (Lipinski definition) is 5. The van der Waals surface area contributed by atoms with Gasteiger partial charge >= 0.3 is 0 Å². The van der Waals surface area contributed by atoms with E-state index >= 15 is 0 Å². The minimum atomic E-state index is -0.0634. The van der Waals surface area contributed by atoms with Crippen LogP contribution in [0, 0.1) is 25.7 Å². The average Bonchev–Trinajstić information content (AvgIpc) is 3.44. The maximum atomic E-state index is 12.8. The van der Waals surface area contributed by atoms with Crippen molar-refractivity contribution in [3.8, 4) is 0 Å². The molecule has 1 aliphatic carbocycles. The van der Waals surface area contributed by atoms with Gasteiger partial charge in [0.1, 0.15) is 5.76 Å². The summed E-state index contributed by atoms with van der Waals surface area (Å²) in [4.78, 5) is 41.1. The minimum Gasteiger partial charge on any atom is -0.361 e. The summed E-state index contributed by atoms with van der Waals surface area (Å²) in [5, 5.41) is 6.80. The average molecular weight is 425 g/mol. The molecule has 1 saturated heterocycles. The molecule has 1 N–H and O–H groups in total. The summed E-state index contributed by atoms with van der Waals surface area (Å²) in [5.74, 6) is 1.24. The van der Waals surface area contributed by atoms with Gasteiger partial charge in [0, 0.05) is 48.9 Å². The van der Waals surface area contributed by atoms with Crippen molar-refractivity contribution in [1.82, 2.24) is 15.0 Å². The lowest BCUT2D eigenvalue weighted by Crippen LogP contribution is -2.51. The van der Waals surface area contributed by atoms with Gasteiger partial charge in [0.25, 0.3) is 5.91 Å². The van der Waals surface area contributed by atoms with Crippen molar-refractivity contribution in [2.45, 2.75) is 33.6 Å². The number of nitrogens with one attached hydrogen (secondary N) is 1. The van der Waals surface area contributed by atoms with Gasteiger partial charge in [0.2, 0.25) is 11.8 Å². The predicted octanol–water partition coefficient (Wildman–Crippen LogP) is 2.41. The zero-order chi connectivity index (χ0) is 22.1. The van der Waals surface area contributed by atoms with E-state index in [2.05, 4.69) is 17.4 Å². The highest BCUT2D eigenvalue weighted by atomic mass is 16.5. The van der Waals surface area contributed by atoms with Gasteiger partial charge in [-0.25, -0.2) is 0 Å². The number of carbonyl (C=O) groups is 3. The molecule has 2 fully saturated rings. The highest BCUT2D eigenvalue weighted by molar-refractivity contribution is 5.97. The number of rotatable bonds is 5. The van der Waals surface area contributed by atoms with Crippen LogP contribution in [0.5, 0.6) is 0 Å². The van der Waals surface area contributed by atoms with Crippen LogP contribution in [0.25, 0.3) is 0 Å². The van der Waals surface area contributed by atoms with Crippen molar-refractivity contribution in [2.75, 3.05) is 31.5 Å². The van der Waals surface area contributed by atoms with E-state index in [0.717, 1.165) is 17.7 Å². The van der Waals surface area contributed by atoms with Crippen molar-refractivity contribution in [1.29, 1.82) is 0 Å². The Kier molecular flexibility index (Phi) is 5.80. The van der Waals surface area contributed by atoms with Gasteiger partial charge in [0.15, 0.2) is 0 Å². The second-order valence-electron chi connectivity index (χ2n) is 8.54. The number of hydrogen-bond donors (Lipinski definition) is 1. The summed E-state index contributed by atoms with van der Waals surface area (Å²) >= 11 is 0. The molecule has 0 bridgehead atoms. The van der Waals surface area contributed by atoms with E-state index in [0.29, 0.717) is 49.1 Å². The Hall–Kier alpha value is -3.16. The fourth-order valence-electron chi connectivity index (χ4n) is 3.98. The Labute approximate surface area is 181 Å². The van der Waals surface area contributed by atoms with Gasteiger partial charge in [-0.1, -0.05) is 12.1 Å². The lowest BCUT2D eigenvalue weighted by Gasteiger charge is -2.35. The van der Waals surface area contributed by atoms with E-state index in [1.54, 1.807) is 34.1 Å². The van der Waals surface area contributed by atoms with Crippen molar-refractivity contribution >= 4 is 23.4 Å². The molecule has 2 aromatic rings. The van der Waals surface area contributed by atoms with E-state index in [-0.39, 0.29) is 30.1 Å². The zero-order valence-corrected chi connectivity index (χ0v) is 18.2. The Bertz CT molecular complexity index is 970. The summed E-state index contributed by atoms with van der Waals surface area (Å²) in [6, 6.07) is 7.01. The molecule has 2 atom stereocenters. The minimum absolute atomic E-state index is 0.0200. The quantitative estimate of drug-likeness (QED) is 0.795. The molecule has 3 amide bonds. The van der Waals surface area contributed by atoms with Crippen molar-refractivity contribution < 1.29 is 18.9 Å². The molecule has 8 nitrogen and oxygen atoms in total. The molecule has 164 valence electrons. The Balaban J connectivity index is 1.28. The van der Waals surface area contributed by atoms with Gasteiger partial charge in [0.05, 0.1) is 12.1 Å². The van der Waals surface area contributed by atoms with Gasteiger partial charge in [-0.3, -0.25) is 14.4 Å². The summed E-state index contributed by atoms with van der Waals surface area (Å²) in [5.41, 5.74) is 2.86. The van der Waals surface area contributed by atoms with Crippen LogP contribution in [0.4, 0.5) is 5.69 Å². The van der Waals surface area contributed by atoms with Gasteiger partial charge in [-0.05, 0) is 50.5 Å². The summed E-state index contributed by atoms with van der Waals surface area (Å²) in [6.45, 7) is 7.69. The highest BCUT2D eigenvalue weighted by Gasteiger charge is 2.39. The Morgan fingerprint density at radius 1 is 1.06 bits per heavy atom. The Morgan fingerprint density at radius 2 is 1.68 bits per heavy atom. The molecule has 1 aliphatic heterocycles. The standard InChI is InChI=1S/C23H28N4O4/c1-14-12-19(14)22(29)24-18-6-4-17(5-7-18)23(30)27-10-8-26(9-11-27)21(28)13-20-15(2)25-31-16(20)3/h4-7,14,19H,8-13H2,1-3H3,(H,24,29). The number of aryl methyl sites for hydroxylation is 2. The third-order valence-electron chi connectivity index (χ3n) is 6.27. The first-order chi connectivity index (χ1) is 14.8. The largest absolute Gasteiger partial charge is 0.361 e. The summed E-state index contributed by atoms with van der Waals surface area (Å²) < 4.78 is 5.13. The van der Waals surface area contributed by atoms with E-state index in [1.807, 2.05) is 13.8 Å². The molecule has 0 radical (unpaired) electrons. The highest BCUT2D eigenvalue weighted by Crippen LogP contribution is 2.38. The van der Waals surface area contributed by atoms with Crippen LogP contribution in [-0.4, -0.2) is 58.9 Å². The normalized spacial score (nSPS) is 20.5. The van der Waals surface area contributed by atoms with Crippen LogP contribution in [0.1, 0.15) is 40.7 Å². The lowest BCUT2D eigenvalue weighted by molar-refractivity contribution is -0.132. The summed E-state index contributed by atoms with van der Waals surface area (Å²) in [6.07, 6.45) is 1.21. The molecular formula is C23H28N4O4. The third-order valence-corrected chi connectivity index (χ3v) is 6.27. The van der Waals surface area contributed by atoms with Crippen molar-refractivity contribution in [3.63, 3.8) is 0 Å². The van der Waals surface area contributed by atoms with E-state index < -0.39 is 0 Å². The maximum Gasteiger partial charge on any atom is 0.253 e. The molecule has 2 heterocycles. The number of carbonyl (C=O) groups excluding carboxylic acids is 3. The molecule has 4 rings (SSSR count). The maximum absolute atomic E-state index is 12.8. The number of piperazine rings is 1. The van der Waals surface area contributed by atoms with E-state index in [1.165, 1.54) is 0 Å². The molecule has 8 heteroatoms. The SMILES string of the molecule is Cc1noc(C)c1CC(=O)N1CCN(C(=O)c2ccc(NC(=O)C3CC3C)cc2)CC1. The van der Waals surface area contributed by atoms with Crippen LogP contribution in [-0.2, 0) is 16.0 Å². The number of anilines is 1. The second kappa shape index (κ2) is 8.53. The fourth-order valence-corrected chi connectivity index (χ4v) is 3.98. The van der Waals surface area contributed by atoms with E-state index in [9.17, 15) is 14.4 Å². The second-order valence-corrected chi connectivity index (χ2v) is 8.54. The molecular weight excluding hydrogens is 396 g/mol. The molecule has 0 spiro atoms. The zero-order valence-electron chi connectivity index (χ0n) is 18.2. The van der Waals surface area contributed by atoms with Crippen molar-refractivity contribution in [2.24, 2.45) is 11.8 Å². The van der Waals surface area contributed by atoms with E-state index in [4.69, 9.17) is 4.52 Å². The van der Waals surface area contributed by atoms with Gasteiger partial charge in [-0.2, -0.15) is 0 Å². The summed E-state index contributed by atoms with van der Waals surface area (Å²) in [7, 11) is 0. The topological polar surface area (TPSA) is 95.8 Å². The molecule has 2 unspecified atom stereocenters. The molecule has 31 heavy (non-hydrogen) atoms. The van der Waals surface area contributed by atoms with Crippen LogP contribution in [0.3, 0.4) is 0 Å². The van der Waals surface area contributed by atoms with Crippen molar-refractivity contribution in [3.05, 3.63) is 46.8 Å². The number of nitrogens with zero attached hydrogens (tertiary/aromatic N) is 3. The first-order valence-corrected chi connectivity index (χ1v) is 10.7. The van der Waals surface area contributed by atoms with Crippen LogP contribution >= 0.6 is 0 Å². The molecule has 1 saturated carbocycles. The molecule has 1 aromatic carbocycles. The fraction of sp³-hybridized carbons (Fsp3) is 0.478. The van der Waals surface area contributed by atoms with Crippen LogP contribution in [0.15, 0.2) is 28.8 Å². The van der Waals surface area contributed by atoms with Crippen LogP contribution < -0.4 is 5.32 Å². The van der Waals surface area contributed by atoms with Gasteiger partial charge < -0.3 is 19.6 Å². The number of benzene rings is 1. The number of amides is 3. The molecule has 2 aliphatic rings. The lowest BCUT2D eigenvalue weighted by atomic mass is 10.1. The van der Waals surface area contributed by atoms with Crippen LogP contribution in [0.2, 0.25) is 0 Å². The Morgan fingerprint density at radius 3 is 2.23 bits per heavy atom. The van der Waals surface area contributed by atoms with Gasteiger partial charge in [-0.15, -0.1) is 0 Å². The smallest absolute Gasteiger partial charge is 0.253 e. The first-order valence-electron chi connectivity index (χ1n) is 10.7. The predicted molar refractivity (Wildman–Crippen MR) is 115 cm³/mol. The third kappa shape index (κ3) is 4.62.